The number of pyridine rings is 1. The second-order valence-corrected chi connectivity index (χ2v) is 3.40. The smallest absolute Gasteiger partial charge is 0.357 e. The summed E-state index contributed by atoms with van der Waals surface area (Å²) in [5, 5.41) is 0. The van der Waals surface area contributed by atoms with E-state index in [9.17, 15) is 9.18 Å². The van der Waals surface area contributed by atoms with Crippen LogP contribution < -0.4 is 0 Å². The summed E-state index contributed by atoms with van der Waals surface area (Å²) in [7, 11) is 1.30. The molecule has 0 amide bonds. The van der Waals surface area contributed by atoms with Crippen LogP contribution in [0.25, 0.3) is 11.1 Å². The van der Waals surface area contributed by atoms with Gasteiger partial charge in [-0.15, -0.1) is 0 Å². The molecule has 0 aliphatic carbocycles. The minimum atomic E-state index is -0.509. The predicted octanol–water partition coefficient (Wildman–Crippen LogP) is 2.67. The first-order valence-electron chi connectivity index (χ1n) is 5.01. The molecule has 2 aromatic rings. The van der Waals surface area contributed by atoms with Crippen molar-refractivity contribution in [2.75, 3.05) is 7.11 Å². The second-order valence-electron chi connectivity index (χ2n) is 3.40. The third kappa shape index (κ3) is 2.30. The van der Waals surface area contributed by atoms with E-state index in [1.165, 1.54) is 25.4 Å². The fourth-order valence-electron chi connectivity index (χ4n) is 1.53. The maximum Gasteiger partial charge on any atom is 0.357 e. The molecular weight excluding hydrogens is 221 g/mol. The van der Waals surface area contributed by atoms with Crippen molar-refractivity contribution in [3.63, 3.8) is 0 Å². The van der Waals surface area contributed by atoms with Gasteiger partial charge in [-0.25, -0.2) is 14.2 Å². The standard InChI is InChI=1S/C13H10FNO2/c1-17-13(16)12-11(3-2-8-15-12)9-4-6-10(14)7-5-9/h2-8H,1H3. The Morgan fingerprint density at radius 1 is 1.24 bits per heavy atom. The molecule has 0 aliphatic heterocycles. The zero-order valence-electron chi connectivity index (χ0n) is 9.18. The number of aromatic nitrogens is 1. The molecule has 1 aromatic carbocycles. The van der Waals surface area contributed by atoms with Crippen molar-refractivity contribution in [1.29, 1.82) is 0 Å². The molecule has 0 saturated heterocycles. The molecule has 0 saturated carbocycles. The number of halogens is 1. The third-order valence-electron chi connectivity index (χ3n) is 2.34. The monoisotopic (exact) mass is 231 g/mol. The fourth-order valence-corrected chi connectivity index (χ4v) is 1.53. The summed E-state index contributed by atoms with van der Waals surface area (Å²) >= 11 is 0. The minimum absolute atomic E-state index is 0.224. The van der Waals surface area contributed by atoms with Gasteiger partial charge in [-0.2, -0.15) is 0 Å². The van der Waals surface area contributed by atoms with Crippen LogP contribution in [0.1, 0.15) is 10.5 Å². The van der Waals surface area contributed by atoms with Crippen molar-refractivity contribution in [3.8, 4) is 11.1 Å². The zero-order chi connectivity index (χ0) is 12.3. The summed E-state index contributed by atoms with van der Waals surface area (Å²) in [6.45, 7) is 0. The molecule has 1 aromatic heterocycles. The van der Waals surface area contributed by atoms with E-state index in [4.69, 9.17) is 0 Å². The summed E-state index contributed by atoms with van der Waals surface area (Å²) in [6, 6.07) is 9.32. The summed E-state index contributed by atoms with van der Waals surface area (Å²) < 4.78 is 17.5. The van der Waals surface area contributed by atoms with Crippen LogP contribution in [0, 0.1) is 5.82 Å². The molecule has 1 heterocycles. The summed E-state index contributed by atoms with van der Waals surface area (Å²) in [5.41, 5.74) is 1.57. The molecule has 3 nitrogen and oxygen atoms in total. The maximum absolute atomic E-state index is 12.8. The van der Waals surface area contributed by atoms with E-state index in [-0.39, 0.29) is 11.5 Å². The first kappa shape index (κ1) is 11.3. The van der Waals surface area contributed by atoms with Gasteiger partial charge in [-0.1, -0.05) is 18.2 Å². The molecule has 0 aliphatic rings. The molecule has 0 atom stereocenters. The average molecular weight is 231 g/mol. The Kier molecular flexibility index (Phi) is 3.14. The summed E-state index contributed by atoms with van der Waals surface area (Å²) in [5.74, 6) is -0.831. The highest BCUT2D eigenvalue weighted by molar-refractivity contribution is 5.95. The molecule has 0 unspecified atom stereocenters. The van der Waals surface area contributed by atoms with Gasteiger partial charge < -0.3 is 4.74 Å². The largest absolute Gasteiger partial charge is 0.464 e. The Morgan fingerprint density at radius 2 is 1.94 bits per heavy atom. The topological polar surface area (TPSA) is 39.2 Å². The van der Waals surface area contributed by atoms with Gasteiger partial charge in [0.25, 0.3) is 0 Å². The lowest BCUT2D eigenvalue weighted by Crippen LogP contribution is -2.06. The average Bonchev–Trinajstić information content (AvgIpc) is 2.39. The zero-order valence-corrected chi connectivity index (χ0v) is 9.18. The molecule has 0 fully saturated rings. The van der Waals surface area contributed by atoms with Gasteiger partial charge in [0.15, 0.2) is 5.69 Å². The van der Waals surface area contributed by atoms with Crippen molar-refractivity contribution in [3.05, 3.63) is 54.1 Å². The van der Waals surface area contributed by atoms with Gasteiger partial charge in [0.2, 0.25) is 0 Å². The van der Waals surface area contributed by atoms with Crippen LogP contribution in [0.3, 0.4) is 0 Å². The van der Waals surface area contributed by atoms with Crippen molar-refractivity contribution < 1.29 is 13.9 Å². The minimum Gasteiger partial charge on any atom is -0.464 e. The van der Waals surface area contributed by atoms with E-state index in [1.807, 2.05) is 0 Å². The van der Waals surface area contributed by atoms with Crippen LogP contribution in [0.5, 0.6) is 0 Å². The predicted molar refractivity (Wildman–Crippen MR) is 61.0 cm³/mol. The van der Waals surface area contributed by atoms with Crippen LogP contribution in [0.15, 0.2) is 42.6 Å². The number of benzene rings is 1. The van der Waals surface area contributed by atoms with Gasteiger partial charge >= 0.3 is 5.97 Å². The SMILES string of the molecule is COC(=O)c1ncccc1-c1ccc(F)cc1. The van der Waals surface area contributed by atoms with Gasteiger partial charge in [0.05, 0.1) is 7.11 Å². The van der Waals surface area contributed by atoms with E-state index in [0.717, 1.165) is 5.56 Å². The molecule has 0 bridgehead atoms. The van der Waals surface area contributed by atoms with E-state index < -0.39 is 5.97 Å². The number of esters is 1. The molecular formula is C13H10FNO2. The molecule has 0 radical (unpaired) electrons. The maximum atomic E-state index is 12.8. The normalized spacial score (nSPS) is 10.0. The summed E-state index contributed by atoms with van der Waals surface area (Å²) in [6.07, 6.45) is 1.51. The molecule has 86 valence electrons. The van der Waals surface area contributed by atoms with Crippen LogP contribution >= 0.6 is 0 Å². The van der Waals surface area contributed by atoms with Crippen molar-refractivity contribution in [2.24, 2.45) is 0 Å². The lowest BCUT2D eigenvalue weighted by molar-refractivity contribution is 0.0595. The Hall–Kier alpha value is -2.23. The fraction of sp³-hybridized carbons (Fsp3) is 0.0769. The van der Waals surface area contributed by atoms with Crippen molar-refractivity contribution >= 4 is 5.97 Å². The lowest BCUT2D eigenvalue weighted by atomic mass is 10.0. The molecule has 4 heteroatoms. The first-order valence-corrected chi connectivity index (χ1v) is 5.01. The van der Waals surface area contributed by atoms with Crippen molar-refractivity contribution in [2.45, 2.75) is 0 Å². The number of nitrogens with zero attached hydrogens (tertiary/aromatic N) is 1. The number of hydrogen-bond donors (Lipinski definition) is 0. The number of rotatable bonds is 2. The van der Waals surface area contributed by atoms with Gasteiger partial charge in [0.1, 0.15) is 5.82 Å². The Bertz CT molecular complexity index is 537. The molecule has 2 rings (SSSR count). The highest BCUT2D eigenvalue weighted by atomic mass is 19.1. The number of methoxy groups -OCH3 is 1. The third-order valence-corrected chi connectivity index (χ3v) is 2.34. The molecule has 17 heavy (non-hydrogen) atoms. The summed E-state index contributed by atoms with van der Waals surface area (Å²) in [4.78, 5) is 15.5. The highest BCUT2D eigenvalue weighted by Gasteiger charge is 2.13. The van der Waals surface area contributed by atoms with Crippen LogP contribution in [0.2, 0.25) is 0 Å². The molecule has 0 spiro atoms. The number of carbonyl (C=O) groups excluding carboxylic acids is 1. The lowest BCUT2D eigenvalue weighted by Gasteiger charge is -2.06. The first-order chi connectivity index (χ1) is 8.22. The van der Waals surface area contributed by atoms with E-state index >= 15 is 0 Å². The van der Waals surface area contributed by atoms with Crippen LogP contribution in [0.4, 0.5) is 4.39 Å². The number of hydrogen-bond acceptors (Lipinski definition) is 3. The Morgan fingerprint density at radius 3 is 2.59 bits per heavy atom. The van der Waals surface area contributed by atoms with Gasteiger partial charge in [-0.05, 0) is 23.8 Å². The van der Waals surface area contributed by atoms with E-state index in [0.29, 0.717) is 5.56 Å². The van der Waals surface area contributed by atoms with Gasteiger partial charge in [0, 0.05) is 11.8 Å². The van der Waals surface area contributed by atoms with Crippen LogP contribution in [-0.4, -0.2) is 18.1 Å². The van der Waals surface area contributed by atoms with Gasteiger partial charge in [-0.3, -0.25) is 0 Å². The Labute approximate surface area is 97.9 Å². The Balaban J connectivity index is 2.51. The number of ether oxygens (including phenoxy) is 1. The quantitative estimate of drug-likeness (QED) is 0.746. The van der Waals surface area contributed by atoms with Crippen LogP contribution in [-0.2, 0) is 4.74 Å². The molecule has 0 N–H and O–H groups in total. The highest BCUT2D eigenvalue weighted by Crippen LogP contribution is 2.22. The second kappa shape index (κ2) is 4.74. The number of carbonyl (C=O) groups is 1. The van der Waals surface area contributed by atoms with Crippen molar-refractivity contribution in [1.82, 2.24) is 4.98 Å². The van der Waals surface area contributed by atoms with E-state index in [1.54, 1.807) is 24.3 Å². The van der Waals surface area contributed by atoms with E-state index in [2.05, 4.69) is 9.72 Å².